The molecule has 158 valence electrons. The molecule has 0 aliphatic carbocycles. The summed E-state index contributed by atoms with van der Waals surface area (Å²) in [7, 11) is 0. The van der Waals surface area contributed by atoms with Gasteiger partial charge in [0, 0.05) is 43.2 Å². The van der Waals surface area contributed by atoms with Gasteiger partial charge in [0.1, 0.15) is 11.6 Å². The molecule has 0 radical (unpaired) electrons. The van der Waals surface area contributed by atoms with Gasteiger partial charge in [0.05, 0.1) is 6.61 Å². The Morgan fingerprint density at radius 2 is 1.60 bits per heavy atom. The molecule has 2 aromatic carbocycles. The van der Waals surface area contributed by atoms with Gasteiger partial charge in [-0.05, 0) is 68.1 Å². The number of piperidine rings is 1. The van der Waals surface area contributed by atoms with Crippen molar-refractivity contribution in [3.8, 4) is 5.75 Å². The molecule has 1 atom stereocenters. The van der Waals surface area contributed by atoms with E-state index >= 15 is 0 Å². The standard InChI is InChI=1S/C24H27FN2O3/c25-21-10-8-19(9-11-21)23(28)27-14-4-5-18(16-27)17-30-22-7-3-6-20(15-22)24(29)26-12-1-2-13-26/h3,6-11,15,18H,1-2,4-5,12-14,16-17H2. The molecule has 2 amide bonds. The Hall–Kier alpha value is -2.89. The first kappa shape index (κ1) is 20.4. The summed E-state index contributed by atoms with van der Waals surface area (Å²) in [4.78, 5) is 29.0. The van der Waals surface area contributed by atoms with Crippen LogP contribution in [0.15, 0.2) is 48.5 Å². The largest absolute Gasteiger partial charge is 0.493 e. The Bertz CT molecular complexity index is 894. The Kier molecular flexibility index (Phi) is 6.31. The van der Waals surface area contributed by atoms with Gasteiger partial charge in [0.2, 0.25) is 0 Å². The normalized spacial score (nSPS) is 19.0. The number of benzene rings is 2. The van der Waals surface area contributed by atoms with Gasteiger partial charge in [-0.2, -0.15) is 0 Å². The van der Waals surface area contributed by atoms with Crippen LogP contribution in [0.1, 0.15) is 46.4 Å². The van der Waals surface area contributed by atoms with Crippen molar-refractivity contribution in [2.24, 2.45) is 5.92 Å². The minimum atomic E-state index is -0.345. The second-order valence-corrected chi connectivity index (χ2v) is 8.10. The van der Waals surface area contributed by atoms with Crippen LogP contribution in [0.4, 0.5) is 4.39 Å². The summed E-state index contributed by atoms with van der Waals surface area (Å²) in [5.41, 5.74) is 1.16. The lowest BCUT2D eigenvalue weighted by Gasteiger charge is -2.32. The Labute approximate surface area is 176 Å². The minimum Gasteiger partial charge on any atom is -0.493 e. The predicted octanol–water partition coefficient (Wildman–Crippen LogP) is 3.99. The molecule has 5 nitrogen and oxygen atoms in total. The Morgan fingerprint density at radius 3 is 2.37 bits per heavy atom. The first-order chi connectivity index (χ1) is 14.6. The summed E-state index contributed by atoms with van der Waals surface area (Å²) in [5, 5.41) is 0. The molecular weight excluding hydrogens is 383 g/mol. The Morgan fingerprint density at radius 1 is 0.900 bits per heavy atom. The quantitative estimate of drug-likeness (QED) is 0.749. The third-order valence-corrected chi connectivity index (χ3v) is 5.86. The number of carbonyl (C=O) groups is 2. The number of rotatable bonds is 5. The van der Waals surface area contributed by atoms with Crippen molar-refractivity contribution in [3.63, 3.8) is 0 Å². The highest BCUT2D eigenvalue weighted by molar-refractivity contribution is 5.95. The zero-order valence-corrected chi connectivity index (χ0v) is 17.1. The molecule has 2 fully saturated rings. The van der Waals surface area contributed by atoms with Gasteiger partial charge in [0.15, 0.2) is 0 Å². The summed E-state index contributed by atoms with van der Waals surface area (Å²) in [6.45, 7) is 3.46. The monoisotopic (exact) mass is 410 g/mol. The van der Waals surface area contributed by atoms with Gasteiger partial charge in [-0.25, -0.2) is 4.39 Å². The fraction of sp³-hybridized carbons (Fsp3) is 0.417. The van der Waals surface area contributed by atoms with E-state index in [1.165, 1.54) is 24.3 Å². The van der Waals surface area contributed by atoms with Crippen LogP contribution in [-0.2, 0) is 0 Å². The Balaban J connectivity index is 1.33. The lowest BCUT2D eigenvalue weighted by Crippen LogP contribution is -2.41. The molecule has 2 aromatic rings. The SMILES string of the molecule is O=C(c1cccc(OCC2CCCN(C(=O)c3ccc(F)cc3)C2)c1)N1CCCC1. The van der Waals surface area contributed by atoms with E-state index in [-0.39, 0.29) is 23.5 Å². The molecule has 6 heteroatoms. The summed E-state index contributed by atoms with van der Waals surface area (Å²) in [5.74, 6) is 0.551. The molecule has 2 aliphatic rings. The van der Waals surface area contributed by atoms with Gasteiger partial charge in [-0.3, -0.25) is 9.59 Å². The maximum atomic E-state index is 13.1. The van der Waals surface area contributed by atoms with E-state index < -0.39 is 0 Å². The van der Waals surface area contributed by atoms with Crippen LogP contribution in [-0.4, -0.2) is 54.4 Å². The van der Waals surface area contributed by atoms with E-state index in [0.717, 1.165) is 38.8 Å². The summed E-state index contributed by atoms with van der Waals surface area (Å²) < 4.78 is 19.1. The molecule has 0 saturated carbocycles. The van der Waals surface area contributed by atoms with Crippen LogP contribution in [0.2, 0.25) is 0 Å². The minimum absolute atomic E-state index is 0.0617. The highest BCUT2D eigenvalue weighted by atomic mass is 19.1. The van der Waals surface area contributed by atoms with Gasteiger partial charge < -0.3 is 14.5 Å². The maximum Gasteiger partial charge on any atom is 0.253 e. The molecule has 2 heterocycles. The maximum absolute atomic E-state index is 13.1. The smallest absolute Gasteiger partial charge is 0.253 e. The van der Waals surface area contributed by atoms with Crippen molar-refractivity contribution >= 4 is 11.8 Å². The van der Waals surface area contributed by atoms with E-state index in [2.05, 4.69) is 0 Å². The van der Waals surface area contributed by atoms with Crippen LogP contribution in [0.3, 0.4) is 0 Å². The number of likely N-dealkylation sites (tertiary alicyclic amines) is 2. The van der Waals surface area contributed by atoms with Crippen molar-refractivity contribution in [1.82, 2.24) is 9.80 Å². The first-order valence-corrected chi connectivity index (χ1v) is 10.7. The molecular formula is C24H27FN2O3. The van der Waals surface area contributed by atoms with Crippen molar-refractivity contribution < 1.29 is 18.7 Å². The lowest BCUT2D eigenvalue weighted by atomic mass is 9.98. The average molecular weight is 410 g/mol. The summed E-state index contributed by atoms with van der Waals surface area (Å²) in [6.07, 6.45) is 4.03. The van der Waals surface area contributed by atoms with E-state index in [4.69, 9.17) is 4.74 Å². The number of carbonyl (C=O) groups excluding carboxylic acids is 2. The molecule has 0 aromatic heterocycles. The van der Waals surface area contributed by atoms with E-state index in [0.29, 0.717) is 36.6 Å². The van der Waals surface area contributed by atoms with Gasteiger partial charge in [0.25, 0.3) is 11.8 Å². The topological polar surface area (TPSA) is 49.9 Å². The fourth-order valence-corrected chi connectivity index (χ4v) is 4.20. The van der Waals surface area contributed by atoms with Crippen LogP contribution in [0.25, 0.3) is 0 Å². The van der Waals surface area contributed by atoms with Crippen molar-refractivity contribution in [2.75, 3.05) is 32.8 Å². The second-order valence-electron chi connectivity index (χ2n) is 8.10. The molecule has 30 heavy (non-hydrogen) atoms. The number of amides is 2. The van der Waals surface area contributed by atoms with Crippen molar-refractivity contribution in [2.45, 2.75) is 25.7 Å². The van der Waals surface area contributed by atoms with E-state index in [9.17, 15) is 14.0 Å². The summed E-state index contributed by atoms with van der Waals surface area (Å²) >= 11 is 0. The van der Waals surface area contributed by atoms with Gasteiger partial charge >= 0.3 is 0 Å². The highest BCUT2D eigenvalue weighted by Gasteiger charge is 2.25. The van der Waals surface area contributed by atoms with Crippen LogP contribution in [0, 0.1) is 11.7 Å². The molecule has 0 bridgehead atoms. The predicted molar refractivity (Wildman–Crippen MR) is 112 cm³/mol. The van der Waals surface area contributed by atoms with Crippen LogP contribution < -0.4 is 4.74 Å². The number of halogens is 1. The first-order valence-electron chi connectivity index (χ1n) is 10.7. The van der Waals surface area contributed by atoms with Crippen molar-refractivity contribution in [1.29, 1.82) is 0 Å². The number of hydrogen-bond donors (Lipinski definition) is 0. The molecule has 0 N–H and O–H groups in total. The molecule has 2 aliphatic heterocycles. The zero-order valence-electron chi connectivity index (χ0n) is 17.1. The van der Waals surface area contributed by atoms with Crippen molar-refractivity contribution in [3.05, 3.63) is 65.5 Å². The number of ether oxygens (including phenoxy) is 1. The van der Waals surface area contributed by atoms with E-state index in [1.54, 1.807) is 0 Å². The second kappa shape index (κ2) is 9.28. The molecule has 4 rings (SSSR count). The van der Waals surface area contributed by atoms with Gasteiger partial charge in [-0.15, -0.1) is 0 Å². The fourth-order valence-electron chi connectivity index (χ4n) is 4.20. The average Bonchev–Trinajstić information content (AvgIpc) is 3.33. The molecule has 1 unspecified atom stereocenters. The molecule has 2 saturated heterocycles. The lowest BCUT2D eigenvalue weighted by molar-refractivity contribution is 0.0632. The zero-order chi connectivity index (χ0) is 20.9. The number of nitrogens with zero attached hydrogens (tertiary/aromatic N) is 2. The highest BCUT2D eigenvalue weighted by Crippen LogP contribution is 2.22. The summed E-state index contributed by atoms with van der Waals surface area (Å²) in [6, 6.07) is 13.0. The van der Waals surface area contributed by atoms with Crippen LogP contribution in [0.5, 0.6) is 5.75 Å². The van der Waals surface area contributed by atoms with Gasteiger partial charge in [-0.1, -0.05) is 6.07 Å². The third kappa shape index (κ3) is 4.81. The number of hydrogen-bond acceptors (Lipinski definition) is 3. The third-order valence-electron chi connectivity index (χ3n) is 5.86. The molecule has 0 spiro atoms. The van der Waals surface area contributed by atoms with Crippen LogP contribution >= 0.6 is 0 Å². The van der Waals surface area contributed by atoms with E-state index in [1.807, 2.05) is 34.1 Å².